The number of ether oxygens (including phenoxy) is 1. The average Bonchev–Trinajstić information content (AvgIpc) is 2.48. The molecule has 0 bridgehead atoms. The predicted octanol–water partition coefficient (Wildman–Crippen LogP) is 1.22. The summed E-state index contributed by atoms with van der Waals surface area (Å²) in [5.41, 5.74) is 1.05. The molecule has 6 nitrogen and oxygen atoms in total. The van der Waals surface area contributed by atoms with Gasteiger partial charge < -0.3 is 19.6 Å². The van der Waals surface area contributed by atoms with Crippen molar-refractivity contribution in [1.29, 1.82) is 0 Å². The van der Waals surface area contributed by atoms with Crippen molar-refractivity contribution in [1.82, 2.24) is 9.80 Å². The van der Waals surface area contributed by atoms with Crippen LogP contribution in [0.25, 0.3) is 0 Å². The number of hydrogen-bond donors (Lipinski definition) is 1. The second-order valence-electron chi connectivity index (χ2n) is 5.29. The Morgan fingerprint density at radius 1 is 1.23 bits per heavy atom. The minimum absolute atomic E-state index is 0. The summed E-state index contributed by atoms with van der Waals surface area (Å²) in [5.74, 6) is 2.48. The molecule has 1 N–H and O–H groups in total. The molecule has 128 valence electrons. The molecule has 9 heteroatoms. The van der Waals surface area contributed by atoms with Crippen molar-refractivity contribution in [3.05, 3.63) is 11.6 Å². The summed E-state index contributed by atoms with van der Waals surface area (Å²) in [7, 11) is 1.71. The van der Waals surface area contributed by atoms with Crippen molar-refractivity contribution < 1.29 is 9.84 Å². The van der Waals surface area contributed by atoms with Gasteiger partial charge in [0.05, 0.1) is 18.9 Å². The first-order valence-electron chi connectivity index (χ1n) is 7.20. The minimum Gasteiger partial charge on any atom is -0.488 e. The van der Waals surface area contributed by atoms with Gasteiger partial charge in [-0.15, -0.1) is 24.8 Å². The second-order valence-corrected chi connectivity index (χ2v) is 6.75. The number of nitrogens with zero attached hydrogens (tertiary/aromatic N) is 4. The molecule has 2 saturated heterocycles. The Balaban J connectivity index is 0.00000121. The molecule has 0 aromatic carbocycles. The van der Waals surface area contributed by atoms with Crippen molar-refractivity contribution in [2.75, 3.05) is 52.2 Å². The van der Waals surface area contributed by atoms with Crippen LogP contribution >= 0.6 is 24.8 Å². The average molecular weight is 371 g/mol. The van der Waals surface area contributed by atoms with Gasteiger partial charge in [0, 0.05) is 42.8 Å². The van der Waals surface area contributed by atoms with Crippen molar-refractivity contribution in [3.8, 4) is 0 Å². The van der Waals surface area contributed by atoms with E-state index in [9.17, 15) is 0 Å². The fourth-order valence-corrected chi connectivity index (χ4v) is 3.79. The molecule has 0 amide bonds. The summed E-state index contributed by atoms with van der Waals surface area (Å²) in [5, 5.41) is 9.16. The standard InChI is InChI=1S/C13H22N4O2S.2ClH/c1-16-4-6-17(7-5-16)13-12-11(3-2-9-19-12)14-20(15-13)10-8-18;;/h18H,2-10H2,1H3;2*1H. The first-order valence-corrected chi connectivity index (χ1v) is 8.51. The largest absolute Gasteiger partial charge is 0.488 e. The van der Waals surface area contributed by atoms with Gasteiger partial charge in [-0.25, -0.2) is 4.40 Å². The predicted molar refractivity (Wildman–Crippen MR) is 95.0 cm³/mol. The molecule has 2 fully saturated rings. The monoisotopic (exact) mass is 370 g/mol. The van der Waals surface area contributed by atoms with Crippen LogP contribution in [-0.2, 0) is 15.6 Å². The van der Waals surface area contributed by atoms with Crippen LogP contribution in [0, 0.1) is 0 Å². The summed E-state index contributed by atoms with van der Waals surface area (Å²) in [6.45, 7) is 4.95. The molecule has 1 unspecified atom stereocenters. The van der Waals surface area contributed by atoms with Crippen LogP contribution in [0.2, 0.25) is 0 Å². The molecule has 3 aliphatic heterocycles. The van der Waals surface area contributed by atoms with Crippen LogP contribution in [0.4, 0.5) is 0 Å². The number of piperazine rings is 1. The molecule has 0 radical (unpaired) electrons. The van der Waals surface area contributed by atoms with Crippen LogP contribution in [-0.4, -0.2) is 72.8 Å². The molecule has 0 aromatic heterocycles. The van der Waals surface area contributed by atoms with E-state index in [0.717, 1.165) is 62.9 Å². The lowest BCUT2D eigenvalue weighted by Crippen LogP contribution is -2.44. The van der Waals surface area contributed by atoms with E-state index in [2.05, 4.69) is 21.2 Å². The Labute approximate surface area is 146 Å². The highest BCUT2D eigenvalue weighted by molar-refractivity contribution is 7.86. The fourth-order valence-electron chi connectivity index (χ4n) is 2.57. The Hall–Kier alpha value is -0.340. The zero-order chi connectivity index (χ0) is 13.9. The molecular weight excluding hydrogens is 347 g/mol. The van der Waals surface area contributed by atoms with Crippen LogP contribution in [0.3, 0.4) is 0 Å². The molecule has 0 aliphatic carbocycles. The highest BCUT2D eigenvalue weighted by Crippen LogP contribution is 2.27. The maximum atomic E-state index is 9.16. The maximum absolute atomic E-state index is 9.16. The van der Waals surface area contributed by atoms with E-state index in [1.54, 1.807) is 0 Å². The van der Waals surface area contributed by atoms with Crippen molar-refractivity contribution >= 4 is 41.4 Å². The van der Waals surface area contributed by atoms with E-state index in [1.807, 2.05) is 0 Å². The zero-order valence-corrected chi connectivity index (χ0v) is 15.2. The number of halogens is 2. The highest BCUT2D eigenvalue weighted by Gasteiger charge is 2.28. The van der Waals surface area contributed by atoms with E-state index in [0.29, 0.717) is 5.75 Å². The molecular formula is C13H24Cl2N4O2S. The smallest absolute Gasteiger partial charge is 0.184 e. The van der Waals surface area contributed by atoms with E-state index in [4.69, 9.17) is 14.2 Å². The molecule has 0 saturated carbocycles. The Morgan fingerprint density at radius 2 is 1.95 bits per heavy atom. The Bertz CT molecular complexity index is 477. The number of aliphatic hydroxyl groups is 1. The zero-order valence-electron chi connectivity index (χ0n) is 12.7. The van der Waals surface area contributed by atoms with Crippen LogP contribution in [0.5, 0.6) is 0 Å². The minimum atomic E-state index is -0.434. The highest BCUT2D eigenvalue weighted by atomic mass is 35.5. The summed E-state index contributed by atoms with van der Waals surface area (Å²) >= 11 is 0. The maximum Gasteiger partial charge on any atom is 0.184 e. The Kier molecular flexibility index (Phi) is 8.13. The van der Waals surface area contributed by atoms with Crippen LogP contribution in [0.1, 0.15) is 12.8 Å². The van der Waals surface area contributed by atoms with Gasteiger partial charge in [-0.1, -0.05) is 0 Å². The topological polar surface area (TPSA) is 60.7 Å². The van der Waals surface area contributed by atoms with Crippen molar-refractivity contribution in [2.24, 2.45) is 8.76 Å². The third-order valence-electron chi connectivity index (χ3n) is 3.75. The Morgan fingerprint density at radius 3 is 2.64 bits per heavy atom. The number of rotatable bonds is 3. The van der Waals surface area contributed by atoms with Crippen LogP contribution < -0.4 is 0 Å². The lowest BCUT2D eigenvalue weighted by molar-refractivity contribution is 0.161. The molecule has 0 spiro atoms. The fraction of sp³-hybridized carbons (Fsp3) is 0.769. The number of aliphatic hydroxyl groups excluding tert-OH is 1. The molecule has 1 atom stereocenters. The lowest BCUT2D eigenvalue weighted by atomic mass is 10.1. The quantitative estimate of drug-likeness (QED) is 0.811. The number of likely N-dealkylation sites (N-methyl/N-ethyl adjacent to an activating group) is 1. The van der Waals surface area contributed by atoms with Gasteiger partial charge in [-0.2, -0.15) is 4.36 Å². The van der Waals surface area contributed by atoms with E-state index < -0.39 is 10.9 Å². The first kappa shape index (κ1) is 19.7. The molecule has 3 heterocycles. The molecule has 3 rings (SSSR count). The van der Waals surface area contributed by atoms with Gasteiger partial charge in [0.15, 0.2) is 11.6 Å². The number of fused-ring (bicyclic) bond motifs is 1. The number of allylic oxidation sites excluding steroid dienone is 1. The summed E-state index contributed by atoms with van der Waals surface area (Å²) in [6.07, 6.45) is 1.99. The summed E-state index contributed by atoms with van der Waals surface area (Å²) < 4.78 is 15.2. The van der Waals surface area contributed by atoms with E-state index >= 15 is 0 Å². The second kappa shape index (κ2) is 9.08. The van der Waals surface area contributed by atoms with Gasteiger partial charge in [0.2, 0.25) is 0 Å². The normalized spacial score (nSPS) is 25.1. The summed E-state index contributed by atoms with van der Waals surface area (Å²) in [4.78, 5) is 4.64. The summed E-state index contributed by atoms with van der Waals surface area (Å²) in [6, 6.07) is 0. The van der Waals surface area contributed by atoms with E-state index in [-0.39, 0.29) is 31.4 Å². The molecule has 0 aromatic rings. The molecule has 22 heavy (non-hydrogen) atoms. The third-order valence-corrected chi connectivity index (χ3v) is 5.12. The lowest BCUT2D eigenvalue weighted by Gasteiger charge is -2.36. The third kappa shape index (κ3) is 4.35. The van der Waals surface area contributed by atoms with Gasteiger partial charge in [0.25, 0.3) is 0 Å². The SMILES string of the molecule is CN1CCN(C2=C3OCCCC3=NS(CCO)=N2)CC1.Cl.Cl. The van der Waals surface area contributed by atoms with Crippen LogP contribution in [0.15, 0.2) is 20.3 Å². The van der Waals surface area contributed by atoms with Gasteiger partial charge >= 0.3 is 0 Å². The van der Waals surface area contributed by atoms with Gasteiger partial charge in [-0.3, -0.25) is 0 Å². The van der Waals surface area contributed by atoms with Gasteiger partial charge in [0.1, 0.15) is 0 Å². The van der Waals surface area contributed by atoms with E-state index in [1.165, 1.54) is 0 Å². The van der Waals surface area contributed by atoms with Gasteiger partial charge in [-0.05, 0) is 19.9 Å². The van der Waals surface area contributed by atoms with Crippen molar-refractivity contribution in [3.63, 3.8) is 0 Å². The number of hydrogen-bond acceptors (Lipinski definition) is 6. The first-order chi connectivity index (χ1) is 9.78. The van der Waals surface area contributed by atoms with Crippen molar-refractivity contribution in [2.45, 2.75) is 12.8 Å². The molecule has 3 aliphatic rings.